The Balaban J connectivity index is 0.00000121. The van der Waals surface area contributed by atoms with Gasteiger partial charge in [-0.15, -0.1) is 12.4 Å². The first kappa shape index (κ1) is 11.4. The van der Waals surface area contributed by atoms with Gasteiger partial charge in [-0.3, -0.25) is 0 Å². The van der Waals surface area contributed by atoms with Crippen molar-refractivity contribution in [2.45, 2.75) is 0 Å². The largest absolute Gasteiger partial charge is 0.464 e. The van der Waals surface area contributed by atoms with Crippen LogP contribution in [0.1, 0.15) is 10.5 Å². The van der Waals surface area contributed by atoms with Gasteiger partial charge in [-0.25, -0.2) is 9.78 Å². The predicted octanol–water partition coefficient (Wildman–Crippen LogP) is 2.05. The summed E-state index contributed by atoms with van der Waals surface area (Å²) in [6, 6.07) is 3.47. The third-order valence-corrected chi connectivity index (χ3v) is 1.78. The van der Waals surface area contributed by atoms with E-state index in [0.717, 1.165) is 0 Å². The first-order chi connectivity index (χ1) is 5.25. The predicted molar refractivity (Wildman–Crippen MR) is 50.5 cm³/mol. The number of hydrogen-bond donors (Lipinski definition) is 0. The summed E-state index contributed by atoms with van der Waals surface area (Å²) < 4.78 is 5.13. The third kappa shape index (κ3) is 2.46. The van der Waals surface area contributed by atoms with Crippen LogP contribution in [0.25, 0.3) is 0 Å². The highest BCUT2D eigenvalue weighted by molar-refractivity contribution is 9.10. The molecule has 0 N–H and O–H groups in total. The molecule has 3 nitrogen and oxygen atoms in total. The molecular weight excluding hydrogens is 245 g/mol. The van der Waals surface area contributed by atoms with Gasteiger partial charge in [0.25, 0.3) is 0 Å². The lowest BCUT2D eigenvalue weighted by Crippen LogP contribution is -2.04. The Morgan fingerprint density at radius 3 is 2.83 bits per heavy atom. The van der Waals surface area contributed by atoms with Crippen molar-refractivity contribution >= 4 is 34.3 Å². The zero-order valence-electron chi connectivity index (χ0n) is 6.28. The van der Waals surface area contributed by atoms with E-state index in [-0.39, 0.29) is 12.4 Å². The van der Waals surface area contributed by atoms with Gasteiger partial charge in [0.2, 0.25) is 0 Å². The van der Waals surface area contributed by atoms with Crippen LogP contribution in [0.15, 0.2) is 22.8 Å². The highest BCUT2D eigenvalue weighted by Crippen LogP contribution is 2.13. The van der Waals surface area contributed by atoms with Crippen LogP contribution < -0.4 is 0 Å². The van der Waals surface area contributed by atoms with E-state index in [1.807, 2.05) is 0 Å². The molecule has 0 bridgehead atoms. The fraction of sp³-hybridized carbons (Fsp3) is 0.143. The van der Waals surface area contributed by atoms with Crippen LogP contribution >= 0.6 is 28.3 Å². The summed E-state index contributed by atoms with van der Waals surface area (Å²) in [6.45, 7) is 0. The molecule has 0 aromatic carbocycles. The summed E-state index contributed by atoms with van der Waals surface area (Å²) in [5.74, 6) is -0.433. The lowest BCUT2D eigenvalue weighted by Gasteiger charge is -1.98. The monoisotopic (exact) mass is 251 g/mol. The molecule has 0 amide bonds. The molecule has 5 heteroatoms. The third-order valence-electron chi connectivity index (χ3n) is 1.14. The number of carbonyl (C=O) groups excluding carboxylic acids is 1. The number of esters is 1. The highest BCUT2D eigenvalue weighted by Gasteiger charge is 2.09. The van der Waals surface area contributed by atoms with Crippen molar-refractivity contribution in [1.29, 1.82) is 0 Å². The summed E-state index contributed by atoms with van der Waals surface area (Å²) >= 11 is 3.17. The Hall–Kier alpha value is -0.610. The van der Waals surface area contributed by atoms with Crippen LogP contribution in [0.4, 0.5) is 0 Å². The van der Waals surface area contributed by atoms with E-state index >= 15 is 0 Å². The minimum absolute atomic E-state index is 0. The number of carbonyl (C=O) groups is 1. The van der Waals surface area contributed by atoms with E-state index in [0.29, 0.717) is 10.2 Å². The number of ether oxygens (including phenoxy) is 1. The molecule has 0 saturated heterocycles. The summed E-state index contributed by atoms with van der Waals surface area (Å²) in [7, 11) is 1.32. The van der Waals surface area contributed by atoms with Crippen molar-refractivity contribution < 1.29 is 9.53 Å². The first-order valence-electron chi connectivity index (χ1n) is 2.94. The summed E-state index contributed by atoms with van der Waals surface area (Å²) in [6.07, 6.45) is 1.54. The van der Waals surface area contributed by atoms with Crippen LogP contribution in [0, 0.1) is 0 Å². The van der Waals surface area contributed by atoms with Crippen molar-refractivity contribution in [2.24, 2.45) is 0 Å². The van der Waals surface area contributed by atoms with Crippen molar-refractivity contribution in [3.63, 3.8) is 0 Å². The van der Waals surface area contributed by atoms with E-state index in [4.69, 9.17) is 0 Å². The van der Waals surface area contributed by atoms with Gasteiger partial charge in [0.1, 0.15) is 0 Å². The maximum absolute atomic E-state index is 10.9. The van der Waals surface area contributed by atoms with Crippen molar-refractivity contribution in [3.8, 4) is 0 Å². The summed E-state index contributed by atoms with van der Waals surface area (Å²) in [5, 5.41) is 0. The second-order valence-electron chi connectivity index (χ2n) is 1.83. The fourth-order valence-corrected chi connectivity index (χ4v) is 1.05. The van der Waals surface area contributed by atoms with E-state index in [1.54, 1.807) is 12.1 Å². The number of methoxy groups -OCH3 is 1. The van der Waals surface area contributed by atoms with E-state index in [1.165, 1.54) is 13.3 Å². The van der Waals surface area contributed by atoms with Gasteiger partial charge in [0.05, 0.1) is 11.6 Å². The number of nitrogens with zero attached hydrogens (tertiary/aromatic N) is 1. The number of pyridine rings is 1. The lowest BCUT2D eigenvalue weighted by atomic mass is 10.4. The number of hydrogen-bond acceptors (Lipinski definition) is 3. The number of rotatable bonds is 1. The van der Waals surface area contributed by atoms with Gasteiger partial charge in [0, 0.05) is 6.20 Å². The minimum atomic E-state index is -0.433. The zero-order chi connectivity index (χ0) is 8.27. The molecule has 0 saturated carbocycles. The Morgan fingerprint density at radius 1 is 1.67 bits per heavy atom. The minimum Gasteiger partial charge on any atom is -0.464 e. The fourth-order valence-electron chi connectivity index (χ4n) is 0.633. The van der Waals surface area contributed by atoms with Crippen LogP contribution in [-0.2, 0) is 4.74 Å². The van der Waals surface area contributed by atoms with Crippen molar-refractivity contribution in [1.82, 2.24) is 4.98 Å². The van der Waals surface area contributed by atoms with Crippen molar-refractivity contribution in [3.05, 3.63) is 28.5 Å². The van der Waals surface area contributed by atoms with Gasteiger partial charge >= 0.3 is 5.97 Å². The smallest absolute Gasteiger partial charge is 0.357 e. The number of halogens is 2. The molecule has 0 aliphatic rings. The quantitative estimate of drug-likeness (QED) is 0.718. The summed E-state index contributed by atoms with van der Waals surface area (Å²) in [4.78, 5) is 14.7. The molecular formula is C7H7BrClNO2. The maximum Gasteiger partial charge on any atom is 0.357 e. The standard InChI is InChI=1S/C7H6BrNO2.ClH/c1-11-7(10)6-5(8)3-2-4-9-6;/h2-4H,1H3;1H. The van der Waals surface area contributed by atoms with Gasteiger partial charge < -0.3 is 4.74 Å². The van der Waals surface area contributed by atoms with Crippen LogP contribution in [-0.4, -0.2) is 18.1 Å². The Labute approximate surface area is 84.7 Å². The highest BCUT2D eigenvalue weighted by atomic mass is 79.9. The molecule has 0 aliphatic carbocycles. The molecule has 0 unspecified atom stereocenters. The lowest BCUT2D eigenvalue weighted by molar-refractivity contribution is 0.0593. The average Bonchev–Trinajstić information content (AvgIpc) is 2.04. The van der Waals surface area contributed by atoms with Crippen molar-refractivity contribution in [2.75, 3.05) is 7.11 Å². The second-order valence-corrected chi connectivity index (χ2v) is 2.68. The molecule has 1 aromatic heterocycles. The van der Waals surface area contributed by atoms with Gasteiger partial charge in [0.15, 0.2) is 5.69 Å². The Morgan fingerprint density at radius 2 is 2.33 bits per heavy atom. The number of aromatic nitrogens is 1. The molecule has 0 radical (unpaired) electrons. The SMILES string of the molecule is COC(=O)c1ncccc1Br.Cl. The molecule has 1 aromatic rings. The Bertz CT molecular complexity index is 280. The maximum atomic E-state index is 10.9. The molecule has 0 spiro atoms. The normalized spacial score (nSPS) is 8.50. The zero-order valence-corrected chi connectivity index (χ0v) is 8.68. The second kappa shape index (κ2) is 5.11. The molecule has 0 atom stereocenters. The molecule has 66 valence electrons. The molecule has 0 fully saturated rings. The molecule has 1 heterocycles. The van der Waals surface area contributed by atoms with E-state index in [2.05, 4.69) is 25.7 Å². The molecule has 1 rings (SSSR count). The average molecular weight is 252 g/mol. The first-order valence-corrected chi connectivity index (χ1v) is 3.74. The van der Waals surface area contributed by atoms with Gasteiger partial charge in [-0.1, -0.05) is 0 Å². The van der Waals surface area contributed by atoms with E-state index < -0.39 is 5.97 Å². The van der Waals surface area contributed by atoms with Gasteiger partial charge in [-0.2, -0.15) is 0 Å². The Kier molecular flexibility index (Phi) is 4.85. The van der Waals surface area contributed by atoms with Crippen LogP contribution in [0.3, 0.4) is 0 Å². The van der Waals surface area contributed by atoms with Gasteiger partial charge in [-0.05, 0) is 28.1 Å². The topological polar surface area (TPSA) is 39.2 Å². The van der Waals surface area contributed by atoms with E-state index in [9.17, 15) is 4.79 Å². The van der Waals surface area contributed by atoms with Crippen LogP contribution in [0.2, 0.25) is 0 Å². The summed E-state index contributed by atoms with van der Waals surface area (Å²) in [5.41, 5.74) is 0.301. The van der Waals surface area contributed by atoms with Crippen LogP contribution in [0.5, 0.6) is 0 Å². The molecule has 0 aliphatic heterocycles. The molecule has 12 heavy (non-hydrogen) atoms.